The van der Waals surface area contributed by atoms with Gasteiger partial charge in [0.05, 0.1) is 45.6 Å². The highest BCUT2D eigenvalue weighted by Crippen LogP contribution is 2.37. The number of fused-ring (bicyclic) bond motifs is 1. The summed E-state index contributed by atoms with van der Waals surface area (Å²) in [5.41, 5.74) is 1.04. The number of carboxylic acids is 1. The van der Waals surface area contributed by atoms with Crippen molar-refractivity contribution in [3.63, 3.8) is 0 Å². The lowest BCUT2D eigenvalue weighted by atomic mass is 10.1. The first-order valence-electron chi connectivity index (χ1n) is 10.7. The van der Waals surface area contributed by atoms with Gasteiger partial charge >= 0.3 is 22.4 Å². The number of carboxylic acid groups (broad SMARTS) is 1. The van der Waals surface area contributed by atoms with Crippen LogP contribution in [0, 0.1) is 30.0 Å². The molecule has 1 aliphatic heterocycles. The van der Waals surface area contributed by atoms with Crippen molar-refractivity contribution in [1.82, 2.24) is 13.9 Å². The Labute approximate surface area is 223 Å². The van der Waals surface area contributed by atoms with Crippen LogP contribution < -0.4 is 15.6 Å². The molecule has 208 valence electrons. The Morgan fingerprint density at radius 2 is 1.82 bits per heavy atom. The molecule has 0 unspecified atom stereocenters. The third kappa shape index (κ3) is 6.38. The first kappa shape index (κ1) is 29.6. The van der Waals surface area contributed by atoms with Gasteiger partial charge in [0, 0.05) is 25.8 Å². The van der Waals surface area contributed by atoms with Gasteiger partial charge in [0.1, 0.15) is 5.82 Å². The number of anilines is 3. The maximum absolute atomic E-state index is 14.6. The van der Waals surface area contributed by atoms with E-state index in [0.717, 1.165) is 10.4 Å². The predicted molar refractivity (Wildman–Crippen MR) is 133 cm³/mol. The van der Waals surface area contributed by atoms with Crippen LogP contribution in [0.5, 0.6) is 0 Å². The third-order valence-corrected chi connectivity index (χ3v) is 7.40. The number of alkyl halides is 3. The predicted octanol–water partition coefficient (Wildman–Crippen LogP) is 3.52. The second-order valence-corrected chi connectivity index (χ2v) is 10.3. The van der Waals surface area contributed by atoms with E-state index in [2.05, 4.69) is 15.0 Å². The number of aryl methyl sites for hydroxylation is 2. The van der Waals surface area contributed by atoms with Crippen LogP contribution in [0.15, 0.2) is 35.4 Å². The number of benzene rings is 2. The summed E-state index contributed by atoms with van der Waals surface area (Å²) >= 11 is 6.34. The molecule has 4 rings (SSSR count). The van der Waals surface area contributed by atoms with Gasteiger partial charge in [-0.15, -0.1) is 0 Å². The molecule has 2 heterocycles. The number of aromatic nitrogens is 2. The van der Waals surface area contributed by atoms with Crippen LogP contribution in [-0.4, -0.2) is 52.6 Å². The van der Waals surface area contributed by atoms with Crippen molar-refractivity contribution in [2.45, 2.75) is 13.1 Å². The maximum Gasteiger partial charge on any atom is 0.490 e. The number of halogens is 5. The molecule has 0 amide bonds. The highest BCUT2D eigenvalue weighted by molar-refractivity contribution is 7.90. The van der Waals surface area contributed by atoms with E-state index in [1.807, 2.05) is 6.07 Å². The zero-order chi connectivity index (χ0) is 29.3. The van der Waals surface area contributed by atoms with Crippen molar-refractivity contribution in [1.29, 1.82) is 5.26 Å². The van der Waals surface area contributed by atoms with Gasteiger partial charge in [-0.1, -0.05) is 11.6 Å². The van der Waals surface area contributed by atoms with Crippen LogP contribution in [0.3, 0.4) is 0 Å². The van der Waals surface area contributed by atoms with Crippen LogP contribution in [0.1, 0.15) is 5.56 Å². The summed E-state index contributed by atoms with van der Waals surface area (Å²) in [4.78, 5) is 25.6. The van der Waals surface area contributed by atoms with E-state index in [1.165, 1.54) is 17.0 Å². The molecule has 0 aliphatic carbocycles. The molecule has 11 nitrogen and oxygen atoms in total. The summed E-state index contributed by atoms with van der Waals surface area (Å²) in [6.07, 6.45) is -3.67. The minimum absolute atomic E-state index is 0.0213. The molecule has 0 atom stereocenters. The summed E-state index contributed by atoms with van der Waals surface area (Å²) < 4.78 is 76.2. The molecular weight excluding hydrogens is 572 g/mol. The van der Waals surface area contributed by atoms with Crippen LogP contribution in [-0.2, 0) is 22.1 Å². The summed E-state index contributed by atoms with van der Waals surface area (Å²) in [7, 11) is -2.37. The third-order valence-electron chi connectivity index (χ3n) is 5.55. The molecule has 1 fully saturated rings. The van der Waals surface area contributed by atoms with Crippen molar-refractivity contribution in [2.75, 3.05) is 23.1 Å². The van der Waals surface area contributed by atoms with Crippen LogP contribution in [0.4, 0.5) is 34.6 Å². The van der Waals surface area contributed by atoms with Gasteiger partial charge in [-0.25, -0.2) is 14.2 Å². The number of nitriles is 1. The summed E-state index contributed by atoms with van der Waals surface area (Å²) in [6, 6.07) is 7.56. The highest BCUT2D eigenvalue weighted by atomic mass is 35.5. The minimum atomic E-state index is -5.08. The average Bonchev–Trinajstić information content (AvgIpc) is 2.81. The molecule has 3 N–H and O–H groups in total. The fourth-order valence-corrected chi connectivity index (χ4v) is 5.02. The number of hydrogen-bond acceptors (Lipinski definition) is 7. The smallest absolute Gasteiger partial charge is 0.475 e. The molecular formula is C22H19ClF4N6O5S. The quantitative estimate of drug-likeness (QED) is 0.381. The number of carbonyl (C=O) groups is 1. The zero-order valence-electron chi connectivity index (χ0n) is 20.0. The number of hydrogen-bond donors (Lipinski definition) is 3. The fraction of sp³-hybridized carbons (Fsp3) is 0.273. The lowest BCUT2D eigenvalue weighted by Crippen LogP contribution is -2.51. The standard InChI is InChI=1S/C20H18ClFN6O3S.C2HF3O2/c1-11-14(5-6-15-17(11)20(29)27(2)10-24-15)25-19-13(22)3-4-16(18(19)21)26-32(30,31)28-8-12(7-23)9-28;3-2(4,5)1(6)7/h3-6,10,12,25-26H,8-9H2,1-2H3;(H,6,7). The molecule has 0 saturated carbocycles. The zero-order valence-corrected chi connectivity index (χ0v) is 21.6. The van der Waals surface area contributed by atoms with E-state index in [1.54, 1.807) is 26.1 Å². The second kappa shape index (κ2) is 11.0. The Kier molecular flexibility index (Phi) is 8.39. The Morgan fingerprint density at radius 1 is 1.23 bits per heavy atom. The van der Waals surface area contributed by atoms with Crippen LogP contribution >= 0.6 is 11.6 Å². The SMILES string of the molecule is Cc1c(Nc2c(F)ccc(NS(=O)(=O)N3CC(C#N)C3)c2Cl)ccc2ncn(C)c(=O)c12.O=C(O)C(F)(F)F. The summed E-state index contributed by atoms with van der Waals surface area (Å²) in [5, 5.41) is 19.0. The lowest BCUT2D eigenvalue weighted by Gasteiger charge is -2.34. The van der Waals surface area contributed by atoms with Gasteiger partial charge in [-0.2, -0.15) is 31.2 Å². The topological polar surface area (TPSA) is 157 Å². The van der Waals surface area contributed by atoms with Gasteiger partial charge in [-0.05, 0) is 36.8 Å². The molecule has 3 aromatic rings. The average molecular weight is 591 g/mol. The fourth-order valence-electron chi connectivity index (χ4n) is 3.39. The van der Waals surface area contributed by atoms with Gasteiger partial charge in [0.2, 0.25) is 0 Å². The van der Waals surface area contributed by atoms with Crippen molar-refractivity contribution in [3.8, 4) is 6.07 Å². The molecule has 0 bridgehead atoms. The Balaban J connectivity index is 0.000000532. The van der Waals surface area contributed by atoms with E-state index in [4.69, 9.17) is 26.8 Å². The molecule has 1 aliphatic rings. The molecule has 0 spiro atoms. The van der Waals surface area contributed by atoms with E-state index < -0.39 is 28.2 Å². The van der Waals surface area contributed by atoms with Crippen molar-refractivity contribution in [2.24, 2.45) is 13.0 Å². The van der Waals surface area contributed by atoms with Crippen molar-refractivity contribution >= 4 is 55.7 Å². The Bertz CT molecular complexity index is 1650. The first-order valence-corrected chi connectivity index (χ1v) is 12.6. The van der Waals surface area contributed by atoms with E-state index in [9.17, 15) is 30.8 Å². The second-order valence-electron chi connectivity index (χ2n) is 8.25. The van der Waals surface area contributed by atoms with E-state index in [-0.39, 0.29) is 41.0 Å². The molecule has 17 heteroatoms. The van der Waals surface area contributed by atoms with E-state index in [0.29, 0.717) is 22.2 Å². The van der Waals surface area contributed by atoms with Crippen molar-refractivity contribution < 1.29 is 35.9 Å². The number of nitrogens with zero attached hydrogens (tertiary/aromatic N) is 4. The largest absolute Gasteiger partial charge is 0.490 e. The summed E-state index contributed by atoms with van der Waals surface area (Å²) in [6.45, 7) is 1.85. The lowest BCUT2D eigenvalue weighted by molar-refractivity contribution is -0.192. The van der Waals surface area contributed by atoms with Crippen LogP contribution in [0.2, 0.25) is 5.02 Å². The molecule has 39 heavy (non-hydrogen) atoms. The van der Waals surface area contributed by atoms with Gasteiger partial charge in [0.15, 0.2) is 0 Å². The highest BCUT2D eigenvalue weighted by Gasteiger charge is 2.38. The molecule has 0 radical (unpaired) electrons. The normalized spacial score (nSPS) is 14.1. The van der Waals surface area contributed by atoms with Gasteiger partial charge in [0.25, 0.3) is 5.56 Å². The monoisotopic (exact) mass is 590 g/mol. The van der Waals surface area contributed by atoms with Gasteiger partial charge < -0.3 is 15.0 Å². The van der Waals surface area contributed by atoms with Crippen molar-refractivity contribution in [3.05, 3.63) is 57.3 Å². The summed E-state index contributed by atoms with van der Waals surface area (Å²) in [5.74, 6) is -3.82. The number of rotatable bonds is 5. The molecule has 1 saturated heterocycles. The molecule has 2 aromatic carbocycles. The Morgan fingerprint density at radius 3 is 2.38 bits per heavy atom. The number of aliphatic carboxylic acids is 1. The van der Waals surface area contributed by atoms with E-state index >= 15 is 0 Å². The van der Waals surface area contributed by atoms with Gasteiger partial charge in [-0.3, -0.25) is 9.52 Å². The minimum Gasteiger partial charge on any atom is -0.475 e. The Hall–Kier alpha value is -3.94. The molecule has 1 aromatic heterocycles. The maximum atomic E-state index is 14.6. The van der Waals surface area contributed by atoms with Crippen LogP contribution in [0.25, 0.3) is 10.9 Å². The number of nitrogens with one attached hydrogen (secondary N) is 2. The first-order chi connectivity index (χ1) is 18.1.